The van der Waals surface area contributed by atoms with Gasteiger partial charge in [0.05, 0.1) is 11.4 Å². The van der Waals surface area contributed by atoms with Gasteiger partial charge in [0.1, 0.15) is 28.6 Å². The van der Waals surface area contributed by atoms with Crippen LogP contribution in [-0.2, 0) is 0 Å². The minimum atomic E-state index is -0.0921. The van der Waals surface area contributed by atoms with Crippen LogP contribution in [0.3, 0.4) is 0 Å². The second-order valence-corrected chi connectivity index (χ2v) is 16.2. The maximum absolute atomic E-state index is 7.08. The van der Waals surface area contributed by atoms with E-state index in [0.29, 0.717) is 0 Å². The third kappa shape index (κ3) is 5.77. The van der Waals surface area contributed by atoms with Crippen LogP contribution in [0.4, 0.5) is 17.1 Å². The molecular weight excluding hydrogens is 745 g/mol. The summed E-state index contributed by atoms with van der Waals surface area (Å²) in [6, 6.07) is 68.6. The van der Waals surface area contributed by atoms with Crippen LogP contribution in [0.2, 0.25) is 0 Å². The number of rotatable bonds is 6. The zero-order valence-corrected chi connectivity index (χ0v) is 33.7. The largest absolute Gasteiger partial charge is 0.458 e. The van der Waals surface area contributed by atoms with Gasteiger partial charge >= 0.3 is 0 Å². The van der Waals surface area contributed by atoms with Crippen molar-refractivity contribution in [1.29, 1.82) is 0 Å². The number of fused-ring (bicyclic) bond motifs is 7. The van der Waals surface area contributed by atoms with Crippen LogP contribution >= 0.6 is 0 Å². The Bertz CT molecular complexity index is 3230. The SMILES string of the molecule is Cc1ccc(C)c(N(c2cc3c4c(c2)Oc2cc(-c5ccccc5)ccc2B4c2ccc(-c4ccccc4)cc2O3)c2cccc3c2oc2c(-c4ccccc4)cccc23)c1. The minimum Gasteiger partial charge on any atom is -0.458 e. The summed E-state index contributed by atoms with van der Waals surface area (Å²) in [4.78, 5) is 2.32. The Morgan fingerprint density at radius 3 is 1.57 bits per heavy atom. The molecule has 0 aliphatic carbocycles. The fourth-order valence-electron chi connectivity index (χ4n) is 9.42. The van der Waals surface area contributed by atoms with Crippen molar-refractivity contribution in [3.63, 3.8) is 0 Å². The summed E-state index contributed by atoms with van der Waals surface area (Å²) in [7, 11) is 0. The number of hydrogen-bond donors (Lipinski definition) is 0. The summed E-state index contributed by atoms with van der Waals surface area (Å²) in [5.74, 6) is 3.22. The lowest BCUT2D eigenvalue weighted by molar-refractivity contribution is 0.465. The Kier molecular flexibility index (Phi) is 8.04. The molecular formula is C56H38BNO3. The maximum Gasteiger partial charge on any atom is 0.260 e. The van der Waals surface area contributed by atoms with E-state index in [2.05, 4.69) is 207 Å². The van der Waals surface area contributed by atoms with E-state index in [1.807, 2.05) is 6.07 Å². The second kappa shape index (κ2) is 13.9. The molecule has 0 amide bonds. The van der Waals surface area contributed by atoms with E-state index >= 15 is 0 Å². The third-order valence-corrected chi connectivity index (χ3v) is 12.4. The molecule has 1 aromatic heterocycles. The first kappa shape index (κ1) is 35.2. The van der Waals surface area contributed by atoms with Crippen molar-refractivity contribution in [2.24, 2.45) is 0 Å². The zero-order valence-electron chi connectivity index (χ0n) is 33.7. The van der Waals surface area contributed by atoms with E-state index in [1.54, 1.807) is 0 Å². The number of aryl methyl sites for hydroxylation is 2. The van der Waals surface area contributed by atoms with Crippen LogP contribution in [0.25, 0.3) is 55.3 Å². The summed E-state index contributed by atoms with van der Waals surface area (Å²) < 4.78 is 21.2. The molecule has 0 spiro atoms. The number of ether oxygens (including phenoxy) is 2. The molecule has 288 valence electrons. The van der Waals surface area contributed by atoms with Gasteiger partial charge in [0.2, 0.25) is 0 Å². The van der Waals surface area contributed by atoms with Crippen LogP contribution in [0.1, 0.15) is 11.1 Å². The van der Waals surface area contributed by atoms with Gasteiger partial charge < -0.3 is 18.8 Å². The van der Waals surface area contributed by atoms with Gasteiger partial charge in [-0.05, 0) is 88.0 Å². The van der Waals surface area contributed by atoms with Crippen molar-refractivity contribution in [3.05, 3.63) is 205 Å². The van der Waals surface area contributed by atoms with Gasteiger partial charge in [-0.15, -0.1) is 0 Å². The Morgan fingerprint density at radius 1 is 0.410 bits per heavy atom. The Balaban J connectivity index is 1.09. The van der Waals surface area contributed by atoms with Crippen molar-refractivity contribution in [2.75, 3.05) is 4.90 Å². The molecule has 0 atom stereocenters. The van der Waals surface area contributed by atoms with Crippen molar-refractivity contribution in [3.8, 4) is 56.4 Å². The molecule has 0 saturated heterocycles. The highest BCUT2D eigenvalue weighted by molar-refractivity contribution is 6.98. The Morgan fingerprint density at radius 2 is 0.967 bits per heavy atom. The number of anilines is 3. The summed E-state index contributed by atoms with van der Waals surface area (Å²) in [5.41, 5.74) is 16.8. The monoisotopic (exact) mass is 783 g/mol. The van der Waals surface area contributed by atoms with Crippen LogP contribution in [-0.4, -0.2) is 6.71 Å². The fraction of sp³-hybridized carbons (Fsp3) is 0.0357. The van der Waals surface area contributed by atoms with Gasteiger partial charge in [-0.2, -0.15) is 0 Å². The highest BCUT2D eigenvalue weighted by Gasteiger charge is 2.41. The molecule has 0 radical (unpaired) electrons. The van der Waals surface area contributed by atoms with Crippen molar-refractivity contribution in [1.82, 2.24) is 0 Å². The van der Waals surface area contributed by atoms with Crippen LogP contribution in [0.5, 0.6) is 23.0 Å². The average Bonchev–Trinajstić information content (AvgIpc) is 3.70. The predicted octanol–water partition coefficient (Wildman–Crippen LogP) is 13.4. The molecule has 2 aliphatic rings. The lowest BCUT2D eigenvalue weighted by Crippen LogP contribution is -2.57. The smallest absolute Gasteiger partial charge is 0.260 e. The van der Waals surface area contributed by atoms with Gasteiger partial charge in [-0.3, -0.25) is 0 Å². The molecule has 61 heavy (non-hydrogen) atoms. The molecule has 0 bridgehead atoms. The normalized spacial score (nSPS) is 12.3. The number of hydrogen-bond acceptors (Lipinski definition) is 4. The average molecular weight is 784 g/mol. The Labute approximate surface area is 355 Å². The maximum atomic E-state index is 7.08. The molecule has 0 saturated carbocycles. The summed E-state index contributed by atoms with van der Waals surface area (Å²) in [5, 5.41) is 2.13. The van der Waals surface area contributed by atoms with Gasteiger partial charge in [-0.1, -0.05) is 158 Å². The zero-order chi connectivity index (χ0) is 40.6. The van der Waals surface area contributed by atoms with Gasteiger partial charge in [0, 0.05) is 39.6 Å². The van der Waals surface area contributed by atoms with Crippen LogP contribution in [0, 0.1) is 13.8 Å². The topological polar surface area (TPSA) is 34.8 Å². The lowest BCUT2D eigenvalue weighted by Gasteiger charge is -2.35. The van der Waals surface area contributed by atoms with Gasteiger partial charge in [0.15, 0.2) is 5.58 Å². The molecule has 0 fully saturated rings. The van der Waals surface area contributed by atoms with Gasteiger partial charge in [-0.25, -0.2) is 0 Å². The highest BCUT2D eigenvalue weighted by Crippen LogP contribution is 2.48. The van der Waals surface area contributed by atoms with Gasteiger partial charge in [0.25, 0.3) is 6.71 Å². The third-order valence-electron chi connectivity index (χ3n) is 12.4. The number of benzene rings is 9. The van der Waals surface area contributed by atoms with E-state index in [1.165, 1.54) is 0 Å². The molecule has 9 aromatic carbocycles. The first-order valence-corrected chi connectivity index (χ1v) is 20.9. The molecule has 10 aromatic rings. The summed E-state index contributed by atoms with van der Waals surface area (Å²) >= 11 is 0. The number of nitrogens with zero attached hydrogens (tertiary/aromatic N) is 1. The summed E-state index contributed by atoms with van der Waals surface area (Å²) in [6.07, 6.45) is 0. The molecule has 0 unspecified atom stereocenters. The molecule has 5 heteroatoms. The fourth-order valence-corrected chi connectivity index (χ4v) is 9.42. The van der Waals surface area contributed by atoms with E-state index in [0.717, 1.165) is 123 Å². The first-order valence-electron chi connectivity index (χ1n) is 20.9. The first-order chi connectivity index (χ1) is 30.1. The summed E-state index contributed by atoms with van der Waals surface area (Å²) in [6.45, 7) is 4.22. The highest BCUT2D eigenvalue weighted by atomic mass is 16.5. The number of furan rings is 1. The van der Waals surface area contributed by atoms with Crippen LogP contribution < -0.4 is 30.8 Å². The van der Waals surface area contributed by atoms with E-state index in [9.17, 15) is 0 Å². The van der Waals surface area contributed by atoms with Crippen LogP contribution in [0.15, 0.2) is 199 Å². The number of para-hydroxylation sites is 2. The van der Waals surface area contributed by atoms with Crippen molar-refractivity contribution < 1.29 is 13.9 Å². The van der Waals surface area contributed by atoms with E-state index in [-0.39, 0.29) is 6.71 Å². The van der Waals surface area contributed by atoms with Crippen molar-refractivity contribution in [2.45, 2.75) is 13.8 Å². The van der Waals surface area contributed by atoms with E-state index < -0.39 is 0 Å². The molecule has 3 heterocycles. The predicted molar refractivity (Wildman–Crippen MR) is 252 cm³/mol. The minimum absolute atomic E-state index is 0.0921. The lowest BCUT2D eigenvalue weighted by atomic mass is 9.34. The molecule has 2 aliphatic heterocycles. The quantitative estimate of drug-likeness (QED) is 0.157. The second-order valence-electron chi connectivity index (χ2n) is 16.2. The molecule has 0 N–H and O–H groups in total. The molecule has 12 rings (SSSR count). The van der Waals surface area contributed by atoms with E-state index in [4.69, 9.17) is 13.9 Å². The molecule has 4 nitrogen and oxygen atoms in total. The Hall–Kier alpha value is -7.76. The van der Waals surface area contributed by atoms with Crippen molar-refractivity contribution >= 4 is 62.1 Å². The standard InChI is InChI=1S/C56H38BNO3/c1-35-24-25-36(2)49(30-35)58(48-23-13-22-45-44-21-12-20-43(55(44)61-56(45)48)39-18-10-5-11-19-39)42-33-52-54-53(34-42)60-51-32-41(38-16-8-4-9-17-38)27-29-47(51)57(54)46-28-26-40(31-50(46)59-52)37-14-6-3-7-15-37/h3-34H,1-2H3.